The maximum Gasteiger partial charge on any atom is 0.426 e. The van der Waals surface area contributed by atoms with Gasteiger partial charge in [0.25, 0.3) is 0 Å². The number of methoxy groups -OCH3 is 2. The zero-order chi connectivity index (χ0) is 17.1. The van der Waals surface area contributed by atoms with Gasteiger partial charge < -0.3 is 19.0 Å². The second-order valence-corrected chi connectivity index (χ2v) is 4.95. The Hall–Kier alpha value is -3.28. The lowest BCUT2D eigenvalue weighted by Gasteiger charge is -2.00. The van der Waals surface area contributed by atoms with Gasteiger partial charge in [-0.15, -0.1) is 0 Å². The summed E-state index contributed by atoms with van der Waals surface area (Å²) in [6, 6.07) is 16.2. The van der Waals surface area contributed by atoms with Crippen LogP contribution in [0.2, 0.25) is 0 Å². The Kier molecular flexibility index (Phi) is 4.20. The third-order valence-corrected chi connectivity index (χ3v) is 3.54. The molecule has 1 N–H and O–H groups in total. The second-order valence-electron chi connectivity index (χ2n) is 4.95. The molecular formula is C18H16NO5+. The van der Waals surface area contributed by atoms with E-state index in [1.165, 1.54) is 11.7 Å². The van der Waals surface area contributed by atoms with Crippen LogP contribution in [0.25, 0.3) is 17.1 Å². The maximum atomic E-state index is 11.9. The number of benzene rings is 2. The van der Waals surface area contributed by atoms with E-state index in [9.17, 15) is 9.90 Å². The van der Waals surface area contributed by atoms with Crippen molar-refractivity contribution < 1.29 is 28.4 Å². The third kappa shape index (κ3) is 2.69. The summed E-state index contributed by atoms with van der Waals surface area (Å²) in [6.07, 6.45) is 0. The van der Waals surface area contributed by atoms with Gasteiger partial charge in [-0.1, -0.05) is 22.8 Å². The number of aromatic nitrogens is 1. The molecule has 0 saturated carbocycles. The molecule has 0 aliphatic heterocycles. The highest BCUT2D eigenvalue weighted by molar-refractivity contribution is 5.88. The van der Waals surface area contributed by atoms with Crippen LogP contribution in [0, 0.1) is 0 Å². The van der Waals surface area contributed by atoms with E-state index in [0.29, 0.717) is 22.9 Å². The Labute approximate surface area is 138 Å². The van der Waals surface area contributed by atoms with E-state index in [4.69, 9.17) is 9.15 Å². The van der Waals surface area contributed by atoms with E-state index >= 15 is 0 Å². The number of oxazole rings is 1. The van der Waals surface area contributed by atoms with Gasteiger partial charge in [-0.2, -0.15) is 0 Å². The van der Waals surface area contributed by atoms with Gasteiger partial charge in [-0.3, -0.25) is 0 Å². The van der Waals surface area contributed by atoms with E-state index in [1.807, 2.05) is 18.2 Å². The number of aromatic hydroxyl groups is 1. The van der Waals surface area contributed by atoms with Crippen LogP contribution in [-0.2, 0) is 4.74 Å². The number of rotatable bonds is 4. The van der Waals surface area contributed by atoms with Crippen LogP contribution < -0.4 is 9.30 Å². The van der Waals surface area contributed by atoms with Crippen molar-refractivity contribution in [2.24, 2.45) is 0 Å². The lowest BCUT2D eigenvalue weighted by Crippen LogP contribution is -2.31. The van der Waals surface area contributed by atoms with Crippen LogP contribution in [0.1, 0.15) is 10.6 Å². The average Bonchev–Trinajstić information content (AvgIpc) is 2.99. The van der Waals surface area contributed by atoms with E-state index in [0.717, 1.165) is 0 Å². The zero-order valence-corrected chi connectivity index (χ0v) is 13.2. The van der Waals surface area contributed by atoms with Crippen LogP contribution in [0.4, 0.5) is 0 Å². The molecule has 0 unspecified atom stereocenters. The summed E-state index contributed by atoms with van der Waals surface area (Å²) in [6.45, 7) is 0. The summed E-state index contributed by atoms with van der Waals surface area (Å²) in [5.41, 5.74) is 1.32. The SMILES string of the molecule is COC(=O)c1oc(-c2ccc(OC)cc2)[n+](-c2ccccc2)c1O. The summed E-state index contributed by atoms with van der Waals surface area (Å²) < 4.78 is 16.9. The molecule has 0 amide bonds. The molecule has 1 aromatic heterocycles. The highest BCUT2D eigenvalue weighted by Gasteiger charge is 2.35. The Bertz CT molecular complexity index is 853. The van der Waals surface area contributed by atoms with Gasteiger partial charge in [0.15, 0.2) is 0 Å². The maximum absolute atomic E-state index is 11.9. The molecule has 0 saturated heterocycles. The number of nitrogens with zero attached hydrogens (tertiary/aromatic N) is 1. The Morgan fingerprint density at radius 2 is 1.71 bits per heavy atom. The lowest BCUT2D eigenvalue weighted by atomic mass is 10.2. The van der Waals surface area contributed by atoms with Gasteiger partial charge in [0.1, 0.15) is 5.75 Å². The molecule has 3 aromatic rings. The predicted octanol–water partition coefficient (Wildman–Crippen LogP) is 2.72. The Morgan fingerprint density at radius 1 is 1.04 bits per heavy atom. The molecule has 6 heteroatoms. The van der Waals surface area contributed by atoms with Gasteiger partial charge >= 0.3 is 23.5 Å². The van der Waals surface area contributed by atoms with Crippen molar-refractivity contribution >= 4 is 5.97 Å². The van der Waals surface area contributed by atoms with E-state index in [-0.39, 0.29) is 11.6 Å². The number of carbonyl (C=O) groups is 1. The molecule has 0 fully saturated rings. The van der Waals surface area contributed by atoms with Crippen molar-refractivity contribution in [2.75, 3.05) is 14.2 Å². The number of carbonyl (C=O) groups excluding carboxylic acids is 1. The van der Waals surface area contributed by atoms with Crippen molar-refractivity contribution in [2.45, 2.75) is 0 Å². The number of ether oxygens (including phenoxy) is 2. The monoisotopic (exact) mass is 326 g/mol. The standard InChI is InChI=1S/C18H15NO5/c1-22-14-10-8-12(9-11-14)17-19(13-6-4-3-5-7-13)16(20)15(24-17)18(21)23-2/h3-11H,1-2H3/p+1. The normalized spacial score (nSPS) is 10.4. The van der Waals surface area contributed by atoms with Gasteiger partial charge in [-0.05, 0) is 24.3 Å². The van der Waals surface area contributed by atoms with Crippen molar-refractivity contribution in [1.29, 1.82) is 0 Å². The zero-order valence-electron chi connectivity index (χ0n) is 13.2. The summed E-state index contributed by atoms with van der Waals surface area (Å²) in [4.78, 5) is 11.9. The second kappa shape index (κ2) is 6.45. The third-order valence-electron chi connectivity index (χ3n) is 3.54. The molecule has 122 valence electrons. The van der Waals surface area contributed by atoms with Gasteiger partial charge in [0.2, 0.25) is 5.69 Å². The van der Waals surface area contributed by atoms with Crippen molar-refractivity contribution in [1.82, 2.24) is 0 Å². The fourth-order valence-corrected chi connectivity index (χ4v) is 2.35. The fraction of sp³-hybridized carbons (Fsp3) is 0.111. The largest absolute Gasteiger partial charge is 0.497 e. The molecule has 6 nitrogen and oxygen atoms in total. The highest BCUT2D eigenvalue weighted by Crippen LogP contribution is 2.28. The van der Waals surface area contributed by atoms with Gasteiger partial charge in [-0.25, -0.2) is 4.79 Å². The molecule has 0 aliphatic rings. The first kappa shape index (κ1) is 15.6. The highest BCUT2D eigenvalue weighted by atomic mass is 16.5. The molecule has 0 atom stereocenters. The quantitative estimate of drug-likeness (QED) is 0.589. The van der Waals surface area contributed by atoms with Crippen molar-refractivity contribution in [3.05, 3.63) is 60.4 Å². The number of hydrogen-bond acceptors (Lipinski definition) is 5. The molecular weight excluding hydrogens is 310 g/mol. The smallest absolute Gasteiger partial charge is 0.426 e. The number of hydrogen-bond donors (Lipinski definition) is 1. The van der Waals surface area contributed by atoms with Gasteiger partial charge in [0.05, 0.1) is 19.8 Å². The molecule has 3 rings (SSSR count). The van der Waals surface area contributed by atoms with Crippen LogP contribution in [-0.4, -0.2) is 25.3 Å². The molecule has 24 heavy (non-hydrogen) atoms. The van der Waals surface area contributed by atoms with E-state index < -0.39 is 5.97 Å². The summed E-state index contributed by atoms with van der Waals surface area (Å²) in [7, 11) is 2.80. The average molecular weight is 326 g/mol. The summed E-state index contributed by atoms with van der Waals surface area (Å²) in [5, 5.41) is 10.5. The first-order valence-electron chi connectivity index (χ1n) is 7.21. The van der Waals surface area contributed by atoms with Gasteiger partial charge in [0, 0.05) is 12.1 Å². The van der Waals surface area contributed by atoms with E-state index in [1.54, 1.807) is 43.5 Å². The number of esters is 1. The summed E-state index contributed by atoms with van der Waals surface area (Å²) >= 11 is 0. The van der Waals surface area contributed by atoms with Crippen LogP contribution in [0.15, 0.2) is 59.0 Å². The minimum atomic E-state index is -0.753. The van der Waals surface area contributed by atoms with E-state index in [2.05, 4.69) is 4.74 Å². The topological polar surface area (TPSA) is 72.8 Å². The summed E-state index contributed by atoms with van der Waals surface area (Å²) in [5.74, 6) is -0.335. The molecule has 0 aliphatic carbocycles. The van der Waals surface area contributed by atoms with Crippen LogP contribution in [0.5, 0.6) is 11.6 Å². The molecule has 1 heterocycles. The minimum Gasteiger partial charge on any atom is -0.497 e. The predicted molar refractivity (Wildman–Crippen MR) is 85.2 cm³/mol. The number of para-hydroxylation sites is 1. The lowest BCUT2D eigenvalue weighted by molar-refractivity contribution is -0.594. The van der Waals surface area contributed by atoms with Crippen LogP contribution >= 0.6 is 0 Å². The van der Waals surface area contributed by atoms with Crippen LogP contribution in [0.3, 0.4) is 0 Å². The fourth-order valence-electron chi connectivity index (χ4n) is 2.35. The molecule has 0 bridgehead atoms. The molecule has 0 radical (unpaired) electrons. The van der Waals surface area contributed by atoms with Crippen molar-refractivity contribution in [3.63, 3.8) is 0 Å². The Balaban J connectivity index is 2.21. The first-order valence-corrected chi connectivity index (χ1v) is 7.21. The minimum absolute atomic E-state index is 0.257. The van der Waals surface area contributed by atoms with Crippen molar-refractivity contribution in [3.8, 4) is 28.8 Å². The molecule has 2 aromatic carbocycles. The molecule has 0 spiro atoms. The first-order chi connectivity index (χ1) is 11.7. The Morgan fingerprint density at radius 3 is 2.29 bits per heavy atom.